The second-order valence-electron chi connectivity index (χ2n) is 6.72. The van der Waals surface area contributed by atoms with E-state index in [4.69, 9.17) is 26.6 Å². The molecule has 0 unspecified atom stereocenters. The van der Waals surface area contributed by atoms with Gasteiger partial charge in [-0.1, -0.05) is 25.5 Å². The molecule has 0 aliphatic heterocycles. The third kappa shape index (κ3) is 11.3. The van der Waals surface area contributed by atoms with Crippen molar-refractivity contribution in [3.05, 3.63) is 23.6 Å². The number of hydrogen-bond acceptors (Lipinski definition) is 6. The van der Waals surface area contributed by atoms with Crippen molar-refractivity contribution < 1.29 is 26.6 Å². The molecule has 0 N–H and O–H groups in total. The highest BCUT2D eigenvalue weighted by molar-refractivity contribution is 6.68. The van der Waals surface area contributed by atoms with Gasteiger partial charge in [0.2, 0.25) is 0 Å². The van der Waals surface area contributed by atoms with Crippen LogP contribution in [0.4, 0.5) is 0 Å². The molecule has 8 heteroatoms. The lowest BCUT2D eigenvalue weighted by Gasteiger charge is -2.30. The highest BCUT2D eigenvalue weighted by Gasteiger charge is 2.43. The minimum atomic E-state index is -2.77. The lowest BCUT2D eigenvalue weighted by molar-refractivity contribution is 0.0797. The van der Waals surface area contributed by atoms with Crippen molar-refractivity contribution in [1.29, 1.82) is 0 Å². The maximum absolute atomic E-state index is 5.93. The van der Waals surface area contributed by atoms with Crippen molar-refractivity contribution in [3.8, 4) is 0 Å². The largest absolute Gasteiger partial charge is 0.532 e. The number of unbranched alkanes of at least 4 members (excludes halogenated alkanes) is 4. The van der Waals surface area contributed by atoms with Crippen LogP contribution in [-0.4, -0.2) is 57.3 Å². The van der Waals surface area contributed by atoms with Crippen LogP contribution < -0.4 is 0 Å². The van der Waals surface area contributed by atoms with Gasteiger partial charge in [-0.3, -0.25) is 0 Å². The number of allylic oxidation sites excluding steroid dienone is 2. The Hall–Kier alpha value is -0.326. The van der Waals surface area contributed by atoms with Gasteiger partial charge in [-0.25, -0.2) is 0 Å². The van der Waals surface area contributed by atoms with Crippen LogP contribution >= 0.6 is 0 Å². The first-order chi connectivity index (χ1) is 14.5. The zero-order chi connectivity index (χ0) is 22.7. The zero-order valence-corrected chi connectivity index (χ0v) is 22.3. The van der Waals surface area contributed by atoms with Crippen molar-refractivity contribution in [2.45, 2.75) is 80.1 Å². The van der Waals surface area contributed by atoms with Crippen LogP contribution in [0.5, 0.6) is 0 Å². The fourth-order valence-corrected chi connectivity index (χ4v) is 7.90. The molecule has 0 aromatic rings. The van der Waals surface area contributed by atoms with Gasteiger partial charge in [0.15, 0.2) is 0 Å². The molecule has 178 valence electrons. The Kier molecular flexibility index (Phi) is 18.1. The van der Waals surface area contributed by atoms with E-state index in [-0.39, 0.29) is 0 Å². The summed E-state index contributed by atoms with van der Waals surface area (Å²) in [7, 11) is -5.43. The molecular formula is C22H46O6Si2. The predicted octanol–water partition coefficient (Wildman–Crippen LogP) is 5.61. The van der Waals surface area contributed by atoms with E-state index in [9.17, 15) is 0 Å². The lowest BCUT2D eigenvalue weighted by Crippen LogP contribution is -2.48. The van der Waals surface area contributed by atoms with Crippen LogP contribution in [0.1, 0.15) is 80.1 Å². The van der Waals surface area contributed by atoms with Crippen LogP contribution in [-0.2, 0) is 26.6 Å². The maximum atomic E-state index is 5.93. The zero-order valence-electron chi connectivity index (χ0n) is 20.3. The summed E-state index contributed by atoms with van der Waals surface area (Å²) >= 11 is 0. The fourth-order valence-electron chi connectivity index (χ4n) is 3.21. The highest BCUT2D eigenvalue weighted by Crippen LogP contribution is 2.24. The van der Waals surface area contributed by atoms with E-state index in [2.05, 4.69) is 12.7 Å². The third-order valence-electron chi connectivity index (χ3n) is 4.39. The Morgan fingerprint density at radius 3 is 1.50 bits per heavy atom. The molecule has 0 rings (SSSR count). The van der Waals surface area contributed by atoms with Crippen LogP contribution in [0.2, 0.25) is 0 Å². The van der Waals surface area contributed by atoms with Crippen LogP contribution in [0.15, 0.2) is 23.6 Å². The van der Waals surface area contributed by atoms with Crippen molar-refractivity contribution in [2.75, 3.05) is 39.6 Å². The summed E-state index contributed by atoms with van der Waals surface area (Å²) in [5, 5.41) is 0.994. The molecule has 0 amide bonds. The van der Waals surface area contributed by atoms with E-state index in [1.165, 1.54) is 0 Å². The molecule has 0 aliphatic rings. The average molecular weight is 463 g/mol. The second-order valence-corrected chi connectivity index (χ2v) is 11.8. The summed E-state index contributed by atoms with van der Waals surface area (Å²) in [5.74, 6) is 0. The predicted molar refractivity (Wildman–Crippen MR) is 127 cm³/mol. The molecule has 0 bridgehead atoms. The van der Waals surface area contributed by atoms with E-state index in [0.717, 1.165) is 43.7 Å². The van der Waals surface area contributed by atoms with Gasteiger partial charge < -0.3 is 26.6 Å². The molecule has 0 saturated carbocycles. The summed E-state index contributed by atoms with van der Waals surface area (Å²) in [4.78, 5) is 0. The molecule has 6 nitrogen and oxygen atoms in total. The Morgan fingerprint density at radius 1 is 0.633 bits per heavy atom. The number of rotatable bonds is 21. The van der Waals surface area contributed by atoms with Gasteiger partial charge in [0.05, 0.1) is 0 Å². The fraction of sp³-hybridized carbons (Fsp3) is 0.818. The molecule has 0 fully saturated rings. The minimum absolute atomic E-state index is 0.577. The van der Waals surface area contributed by atoms with E-state index in [1.807, 2.05) is 47.2 Å². The van der Waals surface area contributed by atoms with Gasteiger partial charge in [-0.2, -0.15) is 0 Å². The average Bonchev–Trinajstić information content (AvgIpc) is 2.71. The van der Waals surface area contributed by atoms with Gasteiger partial charge >= 0.3 is 17.6 Å². The molecule has 30 heavy (non-hydrogen) atoms. The standard InChI is InChI=1S/C22H46O6Si2/c1-8-23-29(24-9-2,25-10-3)21-19-17-15-14-16-18-20-22(7)30(26-11-4,27-12-5)28-13-6/h19,21H,7-18,20H2,1-6H3/b21-19+. The summed E-state index contributed by atoms with van der Waals surface area (Å²) in [5.41, 5.74) is 2.04. The minimum Gasteiger partial charge on any atom is -0.371 e. The molecule has 0 saturated heterocycles. The molecule has 0 atom stereocenters. The van der Waals surface area contributed by atoms with Crippen molar-refractivity contribution in [2.24, 2.45) is 0 Å². The summed E-state index contributed by atoms with van der Waals surface area (Å²) in [6, 6.07) is 0. The van der Waals surface area contributed by atoms with Gasteiger partial charge in [0, 0.05) is 39.6 Å². The van der Waals surface area contributed by atoms with E-state index < -0.39 is 17.6 Å². The molecule has 0 radical (unpaired) electrons. The van der Waals surface area contributed by atoms with E-state index in [1.54, 1.807) is 0 Å². The van der Waals surface area contributed by atoms with E-state index in [0.29, 0.717) is 39.6 Å². The van der Waals surface area contributed by atoms with Crippen LogP contribution in [0.25, 0.3) is 0 Å². The summed E-state index contributed by atoms with van der Waals surface area (Å²) < 4.78 is 35.3. The van der Waals surface area contributed by atoms with Gasteiger partial charge in [-0.15, -0.1) is 0 Å². The second kappa shape index (κ2) is 18.3. The monoisotopic (exact) mass is 462 g/mol. The first-order valence-electron chi connectivity index (χ1n) is 11.7. The topological polar surface area (TPSA) is 55.4 Å². The van der Waals surface area contributed by atoms with Gasteiger partial charge in [-0.05, 0) is 78.1 Å². The quantitative estimate of drug-likeness (QED) is 0.163. The van der Waals surface area contributed by atoms with Gasteiger partial charge in [0.1, 0.15) is 0 Å². The summed E-state index contributed by atoms with van der Waals surface area (Å²) in [6.07, 6.45) is 8.55. The molecule has 0 heterocycles. The lowest BCUT2D eigenvalue weighted by atomic mass is 10.1. The Balaban J connectivity index is 4.39. The third-order valence-corrected chi connectivity index (χ3v) is 10.2. The van der Waals surface area contributed by atoms with Crippen LogP contribution in [0, 0.1) is 0 Å². The summed E-state index contributed by atoms with van der Waals surface area (Å²) in [6.45, 7) is 19.6. The first kappa shape index (κ1) is 29.7. The Bertz CT molecular complexity index is 425. The molecule has 0 spiro atoms. The molecule has 0 aromatic heterocycles. The SMILES string of the molecule is C=C(CCCCCC/C=C/[Si](OCC)(OCC)OCC)[Si](OCC)(OCC)OCC. The van der Waals surface area contributed by atoms with Gasteiger partial charge in [0.25, 0.3) is 0 Å². The Morgan fingerprint density at radius 2 is 1.07 bits per heavy atom. The molecule has 0 aliphatic carbocycles. The molecular weight excluding hydrogens is 416 g/mol. The van der Waals surface area contributed by atoms with Crippen molar-refractivity contribution in [1.82, 2.24) is 0 Å². The Labute approximate surface area is 187 Å². The van der Waals surface area contributed by atoms with Crippen LogP contribution in [0.3, 0.4) is 0 Å². The highest BCUT2D eigenvalue weighted by atomic mass is 28.4. The molecule has 0 aromatic carbocycles. The van der Waals surface area contributed by atoms with Crippen molar-refractivity contribution in [3.63, 3.8) is 0 Å². The number of hydrogen-bond donors (Lipinski definition) is 0. The first-order valence-corrected chi connectivity index (χ1v) is 15.2. The van der Waals surface area contributed by atoms with Crippen molar-refractivity contribution >= 4 is 17.6 Å². The maximum Gasteiger partial charge on any atom is 0.532 e. The normalized spacial score (nSPS) is 12.7. The smallest absolute Gasteiger partial charge is 0.371 e. The van der Waals surface area contributed by atoms with E-state index >= 15 is 0 Å².